The zero-order chi connectivity index (χ0) is 24.1. The molecule has 4 unspecified atom stereocenters. The molecule has 3 aliphatic carbocycles. The van der Waals surface area contributed by atoms with Gasteiger partial charge in [0.25, 0.3) is 0 Å². The van der Waals surface area contributed by atoms with Crippen molar-refractivity contribution < 1.29 is 27.8 Å². The van der Waals surface area contributed by atoms with Crippen LogP contribution in [0.5, 0.6) is 5.75 Å². The molecule has 1 N–H and O–H groups in total. The fourth-order valence-electron chi connectivity index (χ4n) is 7.88. The van der Waals surface area contributed by atoms with Gasteiger partial charge in [0.15, 0.2) is 11.6 Å². The molecule has 3 fully saturated rings. The van der Waals surface area contributed by atoms with Crippen LogP contribution in [0.2, 0.25) is 0 Å². The molecule has 0 radical (unpaired) electrons. The SMILES string of the molecule is C[C@]12C=CC(=O)NC1CCC1C2CC[C@@]2(C)C1CC[C@@H]2CCOC(=O)Oc1ccc(F)cc1F. The molecule has 0 spiro atoms. The zero-order valence-electron chi connectivity index (χ0n) is 19.8. The first-order chi connectivity index (χ1) is 16.2. The summed E-state index contributed by atoms with van der Waals surface area (Å²) in [5.41, 5.74) is 0.237. The van der Waals surface area contributed by atoms with Crippen LogP contribution in [0.4, 0.5) is 13.6 Å². The Kier molecular flexibility index (Phi) is 5.93. The molecule has 1 aliphatic heterocycles. The van der Waals surface area contributed by atoms with E-state index >= 15 is 0 Å². The third-order valence-corrected chi connectivity index (χ3v) is 9.66. The monoisotopic (exact) mass is 473 g/mol. The van der Waals surface area contributed by atoms with E-state index in [2.05, 4.69) is 25.2 Å². The quantitative estimate of drug-likeness (QED) is 0.445. The topological polar surface area (TPSA) is 64.6 Å². The maximum atomic E-state index is 13.7. The minimum absolute atomic E-state index is 0.0265. The minimum Gasteiger partial charge on any atom is -0.434 e. The first kappa shape index (κ1) is 23.3. The predicted octanol–water partition coefficient (Wildman–Crippen LogP) is 5.78. The molecule has 5 nitrogen and oxygen atoms in total. The van der Waals surface area contributed by atoms with Crippen molar-refractivity contribution in [3.8, 4) is 5.75 Å². The second-order valence-electron chi connectivity index (χ2n) is 11.1. The van der Waals surface area contributed by atoms with Gasteiger partial charge in [0, 0.05) is 17.5 Å². The van der Waals surface area contributed by atoms with Crippen LogP contribution in [0.25, 0.3) is 0 Å². The fraction of sp³-hybridized carbons (Fsp3) is 0.630. The van der Waals surface area contributed by atoms with Gasteiger partial charge in [0.05, 0.1) is 6.61 Å². The number of amides is 1. The Bertz CT molecular complexity index is 1010. The molecule has 7 atom stereocenters. The van der Waals surface area contributed by atoms with E-state index in [4.69, 9.17) is 9.47 Å². The lowest BCUT2D eigenvalue weighted by atomic mass is 9.48. The van der Waals surface area contributed by atoms with Crippen molar-refractivity contribution in [2.24, 2.45) is 34.5 Å². The average molecular weight is 474 g/mol. The van der Waals surface area contributed by atoms with Crippen LogP contribution in [0.3, 0.4) is 0 Å². The van der Waals surface area contributed by atoms with Gasteiger partial charge < -0.3 is 14.8 Å². The summed E-state index contributed by atoms with van der Waals surface area (Å²) in [5.74, 6) is 0.354. The second-order valence-corrected chi connectivity index (χ2v) is 11.1. The van der Waals surface area contributed by atoms with E-state index in [1.165, 1.54) is 6.42 Å². The number of fused-ring (bicyclic) bond motifs is 5. The number of carbonyl (C=O) groups is 2. The molecule has 0 aromatic heterocycles. The van der Waals surface area contributed by atoms with Crippen LogP contribution < -0.4 is 10.1 Å². The van der Waals surface area contributed by atoms with Crippen molar-refractivity contribution in [2.45, 2.75) is 64.8 Å². The maximum absolute atomic E-state index is 13.7. The number of ether oxygens (including phenoxy) is 2. The summed E-state index contributed by atoms with van der Waals surface area (Å²) in [6, 6.07) is 3.02. The summed E-state index contributed by atoms with van der Waals surface area (Å²) < 4.78 is 36.9. The highest BCUT2D eigenvalue weighted by Crippen LogP contribution is 2.65. The Labute approximate surface area is 199 Å². The van der Waals surface area contributed by atoms with Crippen molar-refractivity contribution in [1.29, 1.82) is 0 Å². The number of hydrogen-bond acceptors (Lipinski definition) is 4. The zero-order valence-corrected chi connectivity index (χ0v) is 19.8. The molecule has 5 rings (SSSR count). The molecule has 1 aromatic rings. The van der Waals surface area contributed by atoms with E-state index in [1.807, 2.05) is 0 Å². The van der Waals surface area contributed by atoms with Gasteiger partial charge in [0.2, 0.25) is 5.91 Å². The molecular formula is C27H33F2NO4. The van der Waals surface area contributed by atoms with Crippen molar-refractivity contribution in [3.63, 3.8) is 0 Å². The molecule has 0 saturated heterocycles. The lowest BCUT2D eigenvalue weighted by molar-refractivity contribution is -0.122. The molecule has 1 heterocycles. The number of benzene rings is 1. The van der Waals surface area contributed by atoms with Crippen LogP contribution in [0, 0.1) is 46.1 Å². The van der Waals surface area contributed by atoms with Gasteiger partial charge in [0.1, 0.15) is 5.82 Å². The number of rotatable bonds is 4. The summed E-state index contributed by atoms with van der Waals surface area (Å²) in [5, 5.41) is 3.20. The van der Waals surface area contributed by atoms with E-state index in [1.54, 1.807) is 6.08 Å². The second kappa shape index (κ2) is 8.65. The van der Waals surface area contributed by atoms with Crippen LogP contribution in [0.15, 0.2) is 30.4 Å². The highest BCUT2D eigenvalue weighted by atomic mass is 19.1. The average Bonchev–Trinajstić information content (AvgIpc) is 3.12. The Morgan fingerprint density at radius 1 is 1.12 bits per heavy atom. The largest absolute Gasteiger partial charge is 0.513 e. The van der Waals surface area contributed by atoms with Crippen molar-refractivity contribution in [1.82, 2.24) is 5.32 Å². The van der Waals surface area contributed by atoms with Gasteiger partial charge in [-0.2, -0.15) is 0 Å². The van der Waals surface area contributed by atoms with Gasteiger partial charge in [-0.1, -0.05) is 19.9 Å². The van der Waals surface area contributed by atoms with Gasteiger partial charge in [-0.25, -0.2) is 13.6 Å². The maximum Gasteiger partial charge on any atom is 0.513 e. The van der Waals surface area contributed by atoms with Crippen LogP contribution in [-0.2, 0) is 9.53 Å². The molecule has 184 valence electrons. The third kappa shape index (κ3) is 3.91. The summed E-state index contributed by atoms with van der Waals surface area (Å²) in [4.78, 5) is 23.9. The van der Waals surface area contributed by atoms with E-state index in [-0.39, 0.29) is 35.1 Å². The van der Waals surface area contributed by atoms with Crippen LogP contribution in [-0.4, -0.2) is 24.7 Å². The Balaban J connectivity index is 1.19. The predicted molar refractivity (Wildman–Crippen MR) is 122 cm³/mol. The highest BCUT2D eigenvalue weighted by Gasteiger charge is 2.59. The molecule has 4 aliphatic rings. The van der Waals surface area contributed by atoms with E-state index in [9.17, 15) is 18.4 Å². The van der Waals surface area contributed by atoms with Crippen molar-refractivity contribution in [2.75, 3.05) is 6.61 Å². The van der Waals surface area contributed by atoms with Gasteiger partial charge >= 0.3 is 6.16 Å². The van der Waals surface area contributed by atoms with E-state index < -0.39 is 17.8 Å². The molecule has 1 aromatic carbocycles. The van der Waals surface area contributed by atoms with Crippen molar-refractivity contribution >= 4 is 12.1 Å². The Morgan fingerprint density at radius 2 is 1.94 bits per heavy atom. The fourth-order valence-corrected chi connectivity index (χ4v) is 7.88. The number of carbonyl (C=O) groups excluding carboxylic acids is 2. The third-order valence-electron chi connectivity index (χ3n) is 9.66. The summed E-state index contributed by atoms with van der Waals surface area (Å²) in [6.07, 6.45) is 10.4. The normalized spacial score (nSPS) is 38.4. The first-order valence-electron chi connectivity index (χ1n) is 12.5. The molecule has 34 heavy (non-hydrogen) atoms. The van der Waals surface area contributed by atoms with Crippen LogP contribution >= 0.6 is 0 Å². The van der Waals surface area contributed by atoms with Crippen LogP contribution in [0.1, 0.15) is 58.8 Å². The summed E-state index contributed by atoms with van der Waals surface area (Å²) in [7, 11) is 0. The Hall–Kier alpha value is -2.44. The van der Waals surface area contributed by atoms with Gasteiger partial charge in [-0.05, 0) is 92.2 Å². The molecular weight excluding hydrogens is 440 g/mol. The lowest BCUT2D eigenvalue weighted by Gasteiger charge is -2.59. The van der Waals surface area contributed by atoms with E-state index in [0.29, 0.717) is 29.7 Å². The Morgan fingerprint density at radius 3 is 2.74 bits per heavy atom. The lowest BCUT2D eigenvalue weighted by Crippen LogP contribution is -2.59. The van der Waals surface area contributed by atoms with Gasteiger partial charge in [-0.3, -0.25) is 4.79 Å². The first-order valence-corrected chi connectivity index (χ1v) is 12.5. The molecule has 1 amide bonds. The standard InChI is InChI=1S/C27H33F2NO4/c1-26-12-9-20-18(5-8-23-27(20,2)13-10-24(31)30-23)19(26)6-3-16(26)11-14-33-25(32)34-22-7-4-17(28)15-21(22)29/h4,7,10,13,15-16,18-20,23H,3,5-6,8-9,11-12,14H2,1-2H3,(H,30,31)/t16-,18?,19?,20?,23?,26-,27-/m1/s1. The van der Waals surface area contributed by atoms with Gasteiger partial charge in [-0.15, -0.1) is 0 Å². The minimum atomic E-state index is -0.966. The van der Waals surface area contributed by atoms with E-state index in [0.717, 1.165) is 50.7 Å². The molecule has 3 saturated carbocycles. The highest BCUT2D eigenvalue weighted by molar-refractivity contribution is 5.89. The summed E-state index contributed by atoms with van der Waals surface area (Å²) in [6.45, 7) is 4.95. The summed E-state index contributed by atoms with van der Waals surface area (Å²) >= 11 is 0. The number of halogens is 2. The smallest absolute Gasteiger partial charge is 0.434 e. The molecule has 7 heteroatoms. The van der Waals surface area contributed by atoms with Crippen molar-refractivity contribution in [3.05, 3.63) is 42.0 Å². The molecule has 0 bridgehead atoms. The number of hydrogen-bond donors (Lipinski definition) is 1. The number of nitrogens with one attached hydrogen (secondary N) is 1.